The average molecular weight is 446 g/mol. The summed E-state index contributed by atoms with van der Waals surface area (Å²) in [6, 6.07) is 0. The first-order valence-electron chi connectivity index (χ1n) is 5.47. The molecule has 0 aromatic rings. The Bertz CT molecular complexity index is 417. The number of nitrogens with zero attached hydrogens (tertiary/aromatic N) is 6. The number of thioether (sulfide) groups is 2. The first-order valence-corrected chi connectivity index (χ1v) is 7.44. The van der Waals surface area contributed by atoms with Gasteiger partial charge >= 0.3 is 0 Å². The molecule has 2 aliphatic heterocycles. The summed E-state index contributed by atoms with van der Waals surface area (Å²) in [6.07, 6.45) is 0. The predicted molar refractivity (Wildman–Crippen MR) is 103 cm³/mol. The number of hydrogen-bond donors (Lipinski definition) is 0. The third-order valence-corrected chi connectivity index (χ3v) is 4.53. The molecule has 0 saturated carbocycles. The lowest BCUT2D eigenvalue weighted by Gasteiger charge is -2.20. The molecule has 0 atom stereocenters. The van der Waals surface area contributed by atoms with Gasteiger partial charge in [0.25, 0.3) is 0 Å². The number of rotatable bonds is 1. The molecule has 0 bridgehead atoms. The standard InChI is InChI=1S/C10H16N6S2.2BrH/c1-15(2)9-13-11-7(5-17-9)8-6-18-10(14-12-8)16(3)4;;/h5-6H2,1-4H3;2*1H. The second-order valence-corrected chi connectivity index (χ2v) is 6.11. The van der Waals surface area contributed by atoms with Gasteiger partial charge in [-0.15, -0.1) is 44.2 Å². The Morgan fingerprint density at radius 2 is 1.05 bits per heavy atom. The normalized spacial score (nSPS) is 17.6. The largest absolute Gasteiger partial charge is 0.356 e. The van der Waals surface area contributed by atoms with E-state index in [0.29, 0.717) is 0 Å². The van der Waals surface area contributed by atoms with Crippen LogP contribution in [0, 0.1) is 0 Å². The third kappa shape index (κ3) is 5.05. The highest BCUT2D eigenvalue weighted by Crippen LogP contribution is 2.18. The van der Waals surface area contributed by atoms with E-state index in [1.165, 1.54) is 0 Å². The van der Waals surface area contributed by atoms with Gasteiger partial charge in [0.15, 0.2) is 10.3 Å². The van der Waals surface area contributed by atoms with Crippen LogP contribution >= 0.6 is 57.5 Å². The van der Waals surface area contributed by atoms with Gasteiger partial charge < -0.3 is 9.80 Å². The lowest BCUT2D eigenvalue weighted by Crippen LogP contribution is -2.30. The van der Waals surface area contributed by atoms with Gasteiger partial charge in [-0.1, -0.05) is 23.5 Å². The van der Waals surface area contributed by atoms with Crippen LogP contribution in [0.5, 0.6) is 0 Å². The first-order chi connectivity index (χ1) is 8.58. The lowest BCUT2D eigenvalue weighted by atomic mass is 10.3. The topological polar surface area (TPSA) is 55.9 Å². The van der Waals surface area contributed by atoms with Crippen molar-refractivity contribution >= 4 is 79.2 Å². The molecule has 2 aliphatic rings. The molecule has 0 N–H and O–H groups in total. The summed E-state index contributed by atoms with van der Waals surface area (Å²) in [6.45, 7) is 0. The van der Waals surface area contributed by atoms with Crippen molar-refractivity contribution in [3.63, 3.8) is 0 Å². The third-order valence-electron chi connectivity index (χ3n) is 2.29. The summed E-state index contributed by atoms with van der Waals surface area (Å²) >= 11 is 3.35. The van der Waals surface area contributed by atoms with E-state index in [1.54, 1.807) is 23.5 Å². The molecule has 10 heteroatoms. The molecular formula is C10H18Br2N6S2. The van der Waals surface area contributed by atoms with Crippen molar-refractivity contribution < 1.29 is 0 Å². The molecule has 0 aromatic heterocycles. The van der Waals surface area contributed by atoms with Crippen LogP contribution in [0.2, 0.25) is 0 Å². The molecule has 0 fully saturated rings. The van der Waals surface area contributed by atoms with Crippen LogP contribution in [-0.4, -0.2) is 71.3 Å². The van der Waals surface area contributed by atoms with Crippen LogP contribution in [-0.2, 0) is 0 Å². The number of hydrogen-bond acceptors (Lipinski definition) is 8. The molecule has 0 spiro atoms. The van der Waals surface area contributed by atoms with Gasteiger partial charge in [-0.3, -0.25) is 0 Å². The van der Waals surface area contributed by atoms with E-state index in [4.69, 9.17) is 0 Å². The van der Waals surface area contributed by atoms with Gasteiger partial charge in [0.2, 0.25) is 0 Å². The van der Waals surface area contributed by atoms with Crippen molar-refractivity contribution in [2.75, 3.05) is 39.7 Å². The van der Waals surface area contributed by atoms with Crippen LogP contribution in [0.1, 0.15) is 0 Å². The fourth-order valence-corrected chi connectivity index (χ4v) is 3.00. The maximum absolute atomic E-state index is 4.24. The summed E-state index contributed by atoms with van der Waals surface area (Å²) in [4.78, 5) is 3.93. The average Bonchev–Trinajstić information content (AvgIpc) is 2.39. The van der Waals surface area contributed by atoms with Crippen molar-refractivity contribution in [3.8, 4) is 0 Å². The summed E-state index contributed by atoms with van der Waals surface area (Å²) in [5, 5.41) is 18.7. The monoisotopic (exact) mass is 444 g/mol. The molecule has 20 heavy (non-hydrogen) atoms. The first kappa shape index (κ1) is 19.9. The van der Waals surface area contributed by atoms with E-state index in [9.17, 15) is 0 Å². The lowest BCUT2D eigenvalue weighted by molar-refractivity contribution is 0.632. The van der Waals surface area contributed by atoms with E-state index in [-0.39, 0.29) is 34.0 Å². The van der Waals surface area contributed by atoms with Crippen molar-refractivity contribution in [1.82, 2.24) is 9.80 Å². The summed E-state index contributed by atoms with van der Waals surface area (Å²) in [5.74, 6) is 1.62. The predicted octanol–water partition coefficient (Wildman–Crippen LogP) is 2.18. The van der Waals surface area contributed by atoms with Crippen LogP contribution in [0.4, 0.5) is 0 Å². The highest BCUT2D eigenvalue weighted by atomic mass is 79.9. The summed E-state index contributed by atoms with van der Waals surface area (Å²) in [7, 11) is 7.86. The van der Waals surface area contributed by atoms with E-state index < -0.39 is 0 Å². The fraction of sp³-hybridized carbons (Fsp3) is 0.600. The molecule has 0 unspecified atom stereocenters. The highest BCUT2D eigenvalue weighted by molar-refractivity contribution is 8.93. The molecule has 6 nitrogen and oxygen atoms in total. The zero-order chi connectivity index (χ0) is 13.1. The van der Waals surface area contributed by atoms with E-state index in [0.717, 1.165) is 33.3 Å². The minimum absolute atomic E-state index is 0. The number of halogens is 2. The minimum Gasteiger partial charge on any atom is -0.356 e. The van der Waals surface area contributed by atoms with Gasteiger partial charge in [0, 0.05) is 39.7 Å². The van der Waals surface area contributed by atoms with Gasteiger partial charge in [-0.25, -0.2) is 0 Å². The Hall–Kier alpha value is -0.0600. The molecule has 0 aliphatic carbocycles. The molecule has 0 radical (unpaired) electrons. The SMILES string of the molecule is Br.Br.CN(C)C1=NN=C(C2=NN=C(N(C)C)SC2)CS1. The zero-order valence-electron chi connectivity index (χ0n) is 11.7. The maximum atomic E-state index is 4.24. The maximum Gasteiger partial charge on any atom is 0.185 e. The Balaban J connectivity index is 0.00000180. The van der Waals surface area contributed by atoms with Crippen molar-refractivity contribution in [2.45, 2.75) is 0 Å². The Labute approximate surface area is 148 Å². The Morgan fingerprint density at radius 3 is 1.25 bits per heavy atom. The van der Waals surface area contributed by atoms with Crippen molar-refractivity contribution in [1.29, 1.82) is 0 Å². The minimum atomic E-state index is 0. The molecule has 2 heterocycles. The second kappa shape index (κ2) is 9.06. The molecule has 114 valence electrons. The highest BCUT2D eigenvalue weighted by Gasteiger charge is 2.20. The van der Waals surface area contributed by atoms with E-state index >= 15 is 0 Å². The number of amidine groups is 2. The summed E-state index contributed by atoms with van der Waals surface area (Å²) in [5.41, 5.74) is 1.86. The van der Waals surface area contributed by atoms with Crippen LogP contribution in [0.3, 0.4) is 0 Å². The van der Waals surface area contributed by atoms with E-state index in [1.807, 2.05) is 38.0 Å². The summed E-state index contributed by atoms with van der Waals surface area (Å²) < 4.78 is 0. The van der Waals surface area contributed by atoms with Crippen LogP contribution in [0.15, 0.2) is 20.4 Å². The van der Waals surface area contributed by atoms with Gasteiger partial charge in [-0.05, 0) is 0 Å². The molecule has 2 rings (SSSR count). The molecule has 0 amide bonds. The van der Waals surface area contributed by atoms with Crippen LogP contribution < -0.4 is 0 Å². The van der Waals surface area contributed by atoms with E-state index in [2.05, 4.69) is 20.4 Å². The molecule has 0 aromatic carbocycles. The van der Waals surface area contributed by atoms with Crippen molar-refractivity contribution in [3.05, 3.63) is 0 Å². The Kier molecular flexibility index (Phi) is 9.03. The quantitative estimate of drug-likeness (QED) is 0.620. The molecular weight excluding hydrogens is 428 g/mol. The Morgan fingerprint density at radius 1 is 0.700 bits per heavy atom. The fourth-order valence-electron chi connectivity index (χ4n) is 1.31. The van der Waals surface area contributed by atoms with Crippen molar-refractivity contribution in [2.24, 2.45) is 20.4 Å². The van der Waals surface area contributed by atoms with Gasteiger partial charge in [0.05, 0.1) is 11.4 Å². The van der Waals surface area contributed by atoms with Gasteiger partial charge in [0.1, 0.15) is 0 Å². The smallest absolute Gasteiger partial charge is 0.185 e. The van der Waals surface area contributed by atoms with Gasteiger partial charge in [-0.2, -0.15) is 10.2 Å². The molecule has 0 saturated heterocycles. The second-order valence-electron chi connectivity index (χ2n) is 4.22. The zero-order valence-corrected chi connectivity index (χ0v) is 16.8. The van der Waals surface area contributed by atoms with Crippen LogP contribution in [0.25, 0.3) is 0 Å².